The van der Waals surface area contributed by atoms with Crippen molar-refractivity contribution in [2.45, 2.75) is 0 Å². The maximum absolute atomic E-state index is 11.6. The molecule has 7 heteroatoms. The zero-order chi connectivity index (χ0) is 13.2. The third kappa shape index (κ3) is 2.69. The van der Waals surface area contributed by atoms with Gasteiger partial charge in [0, 0.05) is 32.2 Å². The molecular formula is C11H14N4O2S. The van der Waals surface area contributed by atoms with E-state index in [2.05, 4.69) is 9.82 Å². The van der Waals surface area contributed by atoms with E-state index in [1.165, 1.54) is 14.1 Å². The molecule has 0 radical (unpaired) electrons. The van der Waals surface area contributed by atoms with Crippen LogP contribution in [0.2, 0.25) is 0 Å². The second-order valence-corrected chi connectivity index (χ2v) is 5.77. The van der Waals surface area contributed by atoms with Crippen LogP contribution in [0.15, 0.2) is 42.7 Å². The van der Waals surface area contributed by atoms with E-state index in [-0.39, 0.29) is 0 Å². The fourth-order valence-electron chi connectivity index (χ4n) is 1.34. The smallest absolute Gasteiger partial charge is 0.271 e. The average Bonchev–Trinajstić information content (AvgIpc) is 2.83. The number of nitrogens with one attached hydrogen (secondary N) is 1. The molecule has 0 bridgehead atoms. The number of hydrogen-bond donors (Lipinski definition) is 1. The highest BCUT2D eigenvalue weighted by Crippen LogP contribution is 2.14. The summed E-state index contributed by atoms with van der Waals surface area (Å²) < 4.78 is 28.5. The third-order valence-electron chi connectivity index (χ3n) is 2.36. The van der Waals surface area contributed by atoms with E-state index in [1.54, 1.807) is 35.1 Å². The molecule has 18 heavy (non-hydrogen) atoms. The van der Waals surface area contributed by atoms with E-state index >= 15 is 0 Å². The van der Waals surface area contributed by atoms with E-state index in [1.807, 2.05) is 12.3 Å². The van der Waals surface area contributed by atoms with Crippen LogP contribution in [-0.4, -0.2) is 36.6 Å². The van der Waals surface area contributed by atoms with Gasteiger partial charge in [-0.3, -0.25) is 4.72 Å². The first-order valence-electron chi connectivity index (χ1n) is 5.29. The number of rotatable bonds is 4. The highest BCUT2D eigenvalue weighted by molar-refractivity contribution is 7.90. The van der Waals surface area contributed by atoms with Gasteiger partial charge < -0.3 is 0 Å². The molecule has 1 N–H and O–H groups in total. The molecule has 96 valence electrons. The van der Waals surface area contributed by atoms with Crippen molar-refractivity contribution in [3.8, 4) is 5.69 Å². The summed E-state index contributed by atoms with van der Waals surface area (Å²) >= 11 is 0. The lowest BCUT2D eigenvalue weighted by Crippen LogP contribution is -2.28. The van der Waals surface area contributed by atoms with Gasteiger partial charge in [0.1, 0.15) is 0 Å². The van der Waals surface area contributed by atoms with Gasteiger partial charge in [-0.05, 0) is 30.3 Å². The molecule has 0 saturated carbocycles. The van der Waals surface area contributed by atoms with Gasteiger partial charge in [-0.25, -0.2) is 4.68 Å². The van der Waals surface area contributed by atoms with Gasteiger partial charge >= 0.3 is 10.2 Å². The van der Waals surface area contributed by atoms with Crippen LogP contribution in [0.25, 0.3) is 5.69 Å². The van der Waals surface area contributed by atoms with Crippen LogP contribution in [0.5, 0.6) is 0 Å². The Labute approximate surface area is 106 Å². The van der Waals surface area contributed by atoms with E-state index in [9.17, 15) is 8.42 Å². The summed E-state index contributed by atoms with van der Waals surface area (Å²) in [5.41, 5.74) is 1.38. The van der Waals surface area contributed by atoms with Crippen LogP contribution in [0.3, 0.4) is 0 Å². The van der Waals surface area contributed by atoms with Gasteiger partial charge in [0.05, 0.1) is 5.69 Å². The van der Waals surface area contributed by atoms with Crippen molar-refractivity contribution in [3.05, 3.63) is 42.7 Å². The zero-order valence-electron chi connectivity index (χ0n) is 10.1. The number of aromatic nitrogens is 2. The lowest BCUT2D eigenvalue weighted by atomic mass is 10.3. The number of benzene rings is 1. The van der Waals surface area contributed by atoms with Gasteiger partial charge in [0.2, 0.25) is 0 Å². The van der Waals surface area contributed by atoms with Gasteiger partial charge in [0.15, 0.2) is 0 Å². The average molecular weight is 266 g/mol. The summed E-state index contributed by atoms with van der Waals surface area (Å²) in [7, 11) is -0.512. The van der Waals surface area contributed by atoms with E-state index in [4.69, 9.17) is 0 Å². The van der Waals surface area contributed by atoms with Gasteiger partial charge in [-0.2, -0.15) is 17.8 Å². The maximum Gasteiger partial charge on any atom is 0.301 e. The molecule has 1 heterocycles. The molecule has 2 rings (SSSR count). The standard InChI is InChI=1S/C11H14N4O2S/c1-14(2)18(16,17)13-10-4-6-11(7-5-10)15-9-3-8-12-15/h3-9,13H,1-2H3. The summed E-state index contributed by atoms with van der Waals surface area (Å²) in [6, 6.07) is 8.79. The van der Waals surface area contributed by atoms with Crippen molar-refractivity contribution in [1.82, 2.24) is 14.1 Å². The van der Waals surface area contributed by atoms with Crippen LogP contribution in [0.4, 0.5) is 5.69 Å². The van der Waals surface area contributed by atoms with Crippen LogP contribution < -0.4 is 4.72 Å². The van der Waals surface area contributed by atoms with Crippen molar-refractivity contribution in [1.29, 1.82) is 0 Å². The predicted molar refractivity (Wildman–Crippen MR) is 69.8 cm³/mol. The molecular weight excluding hydrogens is 252 g/mol. The quantitative estimate of drug-likeness (QED) is 0.900. The third-order valence-corrected chi connectivity index (χ3v) is 3.82. The minimum Gasteiger partial charge on any atom is -0.271 e. The summed E-state index contributed by atoms with van der Waals surface area (Å²) in [5, 5.41) is 4.09. The normalized spacial score (nSPS) is 11.7. The molecule has 0 saturated heterocycles. The van der Waals surface area contributed by atoms with Crippen LogP contribution in [0.1, 0.15) is 0 Å². The Morgan fingerprint density at radius 3 is 2.39 bits per heavy atom. The Bertz CT molecular complexity index is 603. The first-order chi connectivity index (χ1) is 8.49. The molecule has 0 atom stereocenters. The van der Waals surface area contributed by atoms with Crippen molar-refractivity contribution >= 4 is 15.9 Å². The number of hydrogen-bond acceptors (Lipinski definition) is 3. The fourth-order valence-corrected chi connectivity index (χ4v) is 1.96. The topological polar surface area (TPSA) is 67.2 Å². The van der Waals surface area contributed by atoms with Crippen molar-refractivity contribution in [3.63, 3.8) is 0 Å². The van der Waals surface area contributed by atoms with Crippen LogP contribution in [0, 0.1) is 0 Å². The van der Waals surface area contributed by atoms with Crippen molar-refractivity contribution in [2.24, 2.45) is 0 Å². The second kappa shape index (κ2) is 4.79. The molecule has 0 aliphatic heterocycles. The highest BCUT2D eigenvalue weighted by Gasteiger charge is 2.12. The van der Waals surface area contributed by atoms with Crippen LogP contribution >= 0.6 is 0 Å². The van der Waals surface area contributed by atoms with Crippen molar-refractivity contribution in [2.75, 3.05) is 18.8 Å². The van der Waals surface area contributed by atoms with Crippen LogP contribution in [-0.2, 0) is 10.2 Å². The molecule has 2 aromatic rings. The minimum atomic E-state index is -3.46. The molecule has 1 aromatic heterocycles. The largest absolute Gasteiger partial charge is 0.301 e. The Kier molecular flexibility index (Phi) is 3.35. The molecule has 0 spiro atoms. The Hall–Kier alpha value is -1.86. The highest BCUT2D eigenvalue weighted by atomic mass is 32.2. The minimum absolute atomic E-state index is 0.514. The van der Waals surface area contributed by atoms with E-state index in [0.717, 1.165) is 9.99 Å². The molecule has 0 fully saturated rings. The first-order valence-corrected chi connectivity index (χ1v) is 6.73. The maximum atomic E-state index is 11.6. The van der Waals surface area contributed by atoms with E-state index in [0.29, 0.717) is 5.69 Å². The first kappa shape index (κ1) is 12.6. The lowest BCUT2D eigenvalue weighted by molar-refractivity contribution is 0.527. The summed E-state index contributed by atoms with van der Waals surface area (Å²) in [5.74, 6) is 0. The summed E-state index contributed by atoms with van der Waals surface area (Å²) in [4.78, 5) is 0. The molecule has 6 nitrogen and oxygen atoms in total. The summed E-state index contributed by atoms with van der Waals surface area (Å²) in [6.07, 6.45) is 3.50. The Balaban J connectivity index is 2.19. The van der Waals surface area contributed by atoms with Gasteiger partial charge in [-0.1, -0.05) is 0 Å². The van der Waals surface area contributed by atoms with Crippen molar-refractivity contribution < 1.29 is 8.42 Å². The fraction of sp³-hybridized carbons (Fsp3) is 0.182. The Morgan fingerprint density at radius 2 is 1.89 bits per heavy atom. The van der Waals surface area contributed by atoms with E-state index < -0.39 is 10.2 Å². The van der Waals surface area contributed by atoms with Gasteiger partial charge in [0.25, 0.3) is 0 Å². The monoisotopic (exact) mass is 266 g/mol. The molecule has 0 amide bonds. The zero-order valence-corrected chi connectivity index (χ0v) is 10.9. The molecule has 0 aliphatic rings. The Morgan fingerprint density at radius 1 is 1.22 bits per heavy atom. The molecule has 0 unspecified atom stereocenters. The molecule has 0 aliphatic carbocycles. The molecule has 1 aromatic carbocycles. The lowest BCUT2D eigenvalue weighted by Gasteiger charge is -2.13. The van der Waals surface area contributed by atoms with Gasteiger partial charge in [-0.15, -0.1) is 0 Å². The predicted octanol–water partition coefficient (Wildman–Crippen LogP) is 1.09. The number of nitrogens with zero attached hydrogens (tertiary/aromatic N) is 3. The SMILES string of the molecule is CN(C)S(=O)(=O)Nc1ccc(-n2cccn2)cc1. The summed E-state index contributed by atoms with van der Waals surface area (Å²) in [6.45, 7) is 0. The second-order valence-electron chi connectivity index (χ2n) is 3.89. The number of anilines is 1.